The number of benzene rings is 2. The number of fused-ring (bicyclic) bond motifs is 11. The molecule has 4 nitrogen and oxygen atoms in total. The quantitative estimate of drug-likeness (QED) is 0.255. The molecule has 5 heterocycles. The molecule has 0 amide bonds. The van der Waals surface area contributed by atoms with Crippen LogP contribution in [0.3, 0.4) is 0 Å². The van der Waals surface area contributed by atoms with Crippen LogP contribution in [0.15, 0.2) is 91.0 Å². The molecule has 5 aromatic rings. The highest BCUT2D eigenvalue weighted by Gasteiger charge is 2.33. The van der Waals surface area contributed by atoms with E-state index in [-0.39, 0.29) is 5.92 Å². The SMILES string of the molecule is C1=Cc2nc1cc1ccc(cc3ccc(cc4nc(c2C2c5ccccc5-c5ccccc52)C=C4)[nH]3)[nH]1. The monoisotopic (exact) mass is 474 g/mol. The summed E-state index contributed by atoms with van der Waals surface area (Å²) in [6.45, 7) is 0. The zero-order chi connectivity index (χ0) is 24.3. The van der Waals surface area contributed by atoms with Crippen molar-refractivity contribution in [1.82, 2.24) is 19.9 Å². The maximum absolute atomic E-state index is 5.11. The van der Waals surface area contributed by atoms with Crippen LogP contribution in [-0.2, 0) is 0 Å². The van der Waals surface area contributed by atoms with E-state index in [0.717, 1.165) is 50.4 Å². The number of nitrogens with zero attached hydrogens (tertiary/aromatic N) is 2. The Morgan fingerprint density at radius 3 is 1.46 bits per heavy atom. The van der Waals surface area contributed by atoms with Gasteiger partial charge in [0.2, 0.25) is 0 Å². The van der Waals surface area contributed by atoms with Crippen molar-refractivity contribution < 1.29 is 0 Å². The van der Waals surface area contributed by atoms with Crippen molar-refractivity contribution in [2.45, 2.75) is 5.92 Å². The van der Waals surface area contributed by atoms with Crippen LogP contribution in [0.1, 0.15) is 45.4 Å². The Morgan fingerprint density at radius 1 is 0.486 bits per heavy atom. The molecule has 4 heteroatoms. The molecule has 8 bridgehead atoms. The van der Waals surface area contributed by atoms with Gasteiger partial charge in [0, 0.05) is 33.5 Å². The van der Waals surface area contributed by atoms with Gasteiger partial charge in [0.1, 0.15) is 0 Å². The predicted octanol–water partition coefficient (Wildman–Crippen LogP) is 7.82. The Hall–Kier alpha value is -4.96. The van der Waals surface area contributed by atoms with Gasteiger partial charge in [-0.25, -0.2) is 9.97 Å². The van der Waals surface area contributed by atoms with Gasteiger partial charge in [-0.3, -0.25) is 0 Å². The van der Waals surface area contributed by atoms with E-state index in [4.69, 9.17) is 9.97 Å². The Balaban J connectivity index is 1.48. The highest BCUT2D eigenvalue weighted by atomic mass is 14.8. The topological polar surface area (TPSA) is 57.4 Å². The molecule has 2 N–H and O–H groups in total. The Morgan fingerprint density at radius 2 is 0.946 bits per heavy atom. The molecule has 0 fully saturated rings. The van der Waals surface area contributed by atoms with Crippen molar-refractivity contribution in [3.8, 4) is 11.1 Å². The fraction of sp³-hybridized carbons (Fsp3) is 0.0303. The molecule has 0 saturated heterocycles. The van der Waals surface area contributed by atoms with E-state index in [1.165, 1.54) is 22.3 Å². The van der Waals surface area contributed by atoms with Gasteiger partial charge >= 0.3 is 0 Å². The van der Waals surface area contributed by atoms with E-state index in [1.54, 1.807) is 0 Å². The van der Waals surface area contributed by atoms with Crippen molar-refractivity contribution in [2.75, 3.05) is 0 Å². The number of hydrogen-bond acceptors (Lipinski definition) is 2. The molecule has 3 aliphatic rings. The average Bonchev–Trinajstić information content (AvgIpc) is 3.74. The largest absolute Gasteiger partial charge is 0.355 e. The maximum Gasteiger partial charge on any atom is 0.0700 e. The highest BCUT2D eigenvalue weighted by Crippen LogP contribution is 2.49. The second kappa shape index (κ2) is 7.77. The Labute approximate surface area is 213 Å². The molecule has 1 aliphatic carbocycles. The summed E-state index contributed by atoms with van der Waals surface area (Å²) in [5, 5.41) is 0. The molecule has 8 rings (SSSR count). The second-order valence-corrected chi connectivity index (χ2v) is 9.70. The lowest BCUT2D eigenvalue weighted by molar-refractivity contribution is 0.980. The number of hydrogen-bond donors (Lipinski definition) is 2. The van der Waals surface area contributed by atoms with E-state index in [9.17, 15) is 0 Å². The summed E-state index contributed by atoms with van der Waals surface area (Å²) in [5.74, 6) is 0.0561. The molecule has 3 aromatic heterocycles. The summed E-state index contributed by atoms with van der Waals surface area (Å²) < 4.78 is 0. The fourth-order valence-electron chi connectivity index (χ4n) is 5.79. The molecular weight excluding hydrogens is 452 g/mol. The standard InChI is InChI=1S/C33H22N4/c1-3-7-28-26(5-1)27-6-2-4-8-29(27)32(28)33-30-15-13-24(36-30)18-22-11-9-20(34-22)17-21-10-12-23(35-21)19-25-14-16-31(33)37-25/h1-19,32,34-35H. The first-order chi connectivity index (χ1) is 18.3. The summed E-state index contributed by atoms with van der Waals surface area (Å²) in [7, 11) is 0. The Bertz CT molecular complexity index is 1810. The van der Waals surface area contributed by atoms with Crippen LogP contribution in [0.2, 0.25) is 0 Å². The fourth-order valence-corrected chi connectivity index (χ4v) is 5.79. The van der Waals surface area contributed by atoms with E-state index < -0.39 is 0 Å². The third-order valence-corrected chi connectivity index (χ3v) is 7.38. The van der Waals surface area contributed by atoms with Gasteiger partial charge < -0.3 is 9.97 Å². The predicted molar refractivity (Wildman–Crippen MR) is 152 cm³/mol. The summed E-state index contributed by atoms with van der Waals surface area (Å²) in [6, 6.07) is 32.1. The van der Waals surface area contributed by atoms with Crippen molar-refractivity contribution in [1.29, 1.82) is 0 Å². The second-order valence-electron chi connectivity index (χ2n) is 9.70. The molecule has 0 atom stereocenters. The first kappa shape index (κ1) is 20.3. The summed E-state index contributed by atoms with van der Waals surface area (Å²) in [5.41, 5.74) is 14.2. The summed E-state index contributed by atoms with van der Waals surface area (Å²) in [4.78, 5) is 17.2. The van der Waals surface area contributed by atoms with E-state index in [0.29, 0.717) is 0 Å². The van der Waals surface area contributed by atoms with Gasteiger partial charge in [0.15, 0.2) is 0 Å². The zero-order valence-corrected chi connectivity index (χ0v) is 19.9. The molecule has 0 spiro atoms. The summed E-state index contributed by atoms with van der Waals surface area (Å²) in [6.07, 6.45) is 8.45. The number of aromatic nitrogens is 4. The van der Waals surface area contributed by atoms with Gasteiger partial charge in [-0.1, -0.05) is 48.5 Å². The van der Waals surface area contributed by atoms with E-state index >= 15 is 0 Å². The normalized spacial score (nSPS) is 13.6. The molecule has 0 unspecified atom stereocenters. The highest BCUT2D eigenvalue weighted by molar-refractivity contribution is 5.86. The molecule has 0 saturated carbocycles. The van der Waals surface area contributed by atoms with Crippen LogP contribution in [0, 0.1) is 0 Å². The smallest absolute Gasteiger partial charge is 0.0700 e. The lowest BCUT2D eigenvalue weighted by Crippen LogP contribution is -2.04. The molecule has 0 radical (unpaired) electrons. The molecule has 174 valence electrons. The van der Waals surface area contributed by atoms with Crippen LogP contribution >= 0.6 is 0 Å². The Kier molecular flexibility index (Phi) is 4.25. The molecule has 2 aromatic carbocycles. The minimum atomic E-state index is 0.0561. The van der Waals surface area contributed by atoms with Crippen molar-refractivity contribution in [2.24, 2.45) is 0 Å². The first-order valence-electron chi connectivity index (χ1n) is 12.5. The van der Waals surface area contributed by atoms with Crippen LogP contribution in [0.4, 0.5) is 0 Å². The summed E-state index contributed by atoms with van der Waals surface area (Å²) >= 11 is 0. The van der Waals surface area contributed by atoms with Crippen LogP contribution in [0.5, 0.6) is 0 Å². The zero-order valence-electron chi connectivity index (χ0n) is 19.9. The van der Waals surface area contributed by atoms with Gasteiger partial charge in [-0.15, -0.1) is 0 Å². The van der Waals surface area contributed by atoms with E-state index in [1.807, 2.05) is 0 Å². The van der Waals surface area contributed by atoms with Crippen molar-refractivity contribution in [3.63, 3.8) is 0 Å². The van der Waals surface area contributed by atoms with Gasteiger partial charge in [-0.05, 0) is 89.0 Å². The third-order valence-electron chi connectivity index (χ3n) is 7.38. The van der Waals surface area contributed by atoms with Crippen LogP contribution < -0.4 is 0 Å². The number of aromatic amines is 2. The number of nitrogens with one attached hydrogen (secondary N) is 2. The van der Waals surface area contributed by atoms with Crippen LogP contribution in [-0.4, -0.2) is 19.9 Å². The van der Waals surface area contributed by atoms with Crippen LogP contribution in [0.25, 0.3) is 57.5 Å². The lowest BCUT2D eigenvalue weighted by atomic mass is 9.87. The molecule has 37 heavy (non-hydrogen) atoms. The maximum atomic E-state index is 5.11. The lowest BCUT2D eigenvalue weighted by Gasteiger charge is -2.16. The minimum absolute atomic E-state index is 0.0561. The van der Waals surface area contributed by atoms with Crippen molar-refractivity contribution in [3.05, 3.63) is 130 Å². The van der Waals surface area contributed by atoms with Gasteiger partial charge in [0.05, 0.1) is 22.8 Å². The van der Waals surface area contributed by atoms with Gasteiger partial charge in [-0.2, -0.15) is 0 Å². The minimum Gasteiger partial charge on any atom is -0.355 e. The molecule has 2 aliphatic heterocycles. The van der Waals surface area contributed by atoms with Crippen molar-refractivity contribution >= 4 is 46.4 Å². The average molecular weight is 475 g/mol. The molecular formula is C33H22N4. The number of H-pyrrole nitrogens is 2. The van der Waals surface area contributed by atoms with E-state index in [2.05, 4.69) is 125 Å². The third kappa shape index (κ3) is 3.30. The first-order valence-corrected chi connectivity index (χ1v) is 12.5. The number of rotatable bonds is 1. The van der Waals surface area contributed by atoms with Gasteiger partial charge in [0.25, 0.3) is 0 Å².